The topological polar surface area (TPSA) is 77.6 Å². The molecular formula is C24H18FN3O4. The van der Waals surface area contributed by atoms with E-state index in [2.05, 4.69) is 5.10 Å². The molecule has 0 radical (unpaired) electrons. The fourth-order valence-corrected chi connectivity index (χ4v) is 3.74. The highest BCUT2D eigenvalue weighted by atomic mass is 19.1. The van der Waals surface area contributed by atoms with Gasteiger partial charge in [0.05, 0.1) is 11.7 Å². The average molecular weight is 431 g/mol. The quantitative estimate of drug-likeness (QED) is 0.491. The van der Waals surface area contributed by atoms with Gasteiger partial charge in [0.1, 0.15) is 24.7 Å². The Bertz CT molecular complexity index is 1320. The highest BCUT2D eigenvalue weighted by Crippen LogP contribution is 2.39. The molecule has 0 saturated heterocycles. The van der Waals surface area contributed by atoms with E-state index in [1.807, 2.05) is 42.5 Å². The number of para-hydroxylation sites is 2. The van der Waals surface area contributed by atoms with E-state index in [0.717, 1.165) is 10.2 Å². The molecule has 2 heterocycles. The summed E-state index contributed by atoms with van der Waals surface area (Å²) in [4.78, 5) is 27.4. The maximum absolute atomic E-state index is 13.4. The second kappa shape index (κ2) is 8.14. The molecule has 0 N–H and O–H groups in total. The summed E-state index contributed by atoms with van der Waals surface area (Å²) in [7, 11) is 0. The van der Waals surface area contributed by atoms with Crippen LogP contribution in [0.25, 0.3) is 11.5 Å². The molecule has 1 aromatic heterocycles. The van der Waals surface area contributed by atoms with Gasteiger partial charge < -0.3 is 9.15 Å². The molecule has 7 nitrogen and oxygen atoms in total. The molecule has 1 amide bonds. The lowest BCUT2D eigenvalue weighted by Gasteiger charge is -2.37. The SMILES string of the molecule is O=C(Cn1nc(-c2ccc(F)cc2)oc1=O)N1c2ccccc2OC[C@H]1c1ccccc1. The number of ether oxygens (including phenoxy) is 1. The van der Waals surface area contributed by atoms with Gasteiger partial charge in [0.2, 0.25) is 11.8 Å². The number of rotatable bonds is 4. The molecular weight excluding hydrogens is 413 g/mol. The van der Waals surface area contributed by atoms with E-state index >= 15 is 0 Å². The summed E-state index contributed by atoms with van der Waals surface area (Å²) in [5.41, 5.74) is 1.97. The van der Waals surface area contributed by atoms with Gasteiger partial charge in [0.15, 0.2) is 0 Å². The van der Waals surface area contributed by atoms with E-state index < -0.39 is 11.6 Å². The van der Waals surface area contributed by atoms with Gasteiger partial charge in [-0.3, -0.25) is 9.69 Å². The second-order valence-corrected chi connectivity index (χ2v) is 7.31. The zero-order valence-electron chi connectivity index (χ0n) is 16.8. The van der Waals surface area contributed by atoms with E-state index in [9.17, 15) is 14.0 Å². The predicted molar refractivity (Wildman–Crippen MR) is 115 cm³/mol. The van der Waals surface area contributed by atoms with Crippen LogP contribution < -0.4 is 15.4 Å². The molecule has 32 heavy (non-hydrogen) atoms. The number of hydrogen-bond acceptors (Lipinski definition) is 5. The number of halogens is 1. The summed E-state index contributed by atoms with van der Waals surface area (Å²) in [6.45, 7) is -0.0392. The van der Waals surface area contributed by atoms with Crippen molar-refractivity contribution >= 4 is 11.6 Å². The van der Waals surface area contributed by atoms with Crippen LogP contribution in [0.4, 0.5) is 10.1 Å². The Labute approximate surface area is 182 Å². The third-order valence-electron chi connectivity index (χ3n) is 5.27. The van der Waals surface area contributed by atoms with Gasteiger partial charge in [-0.1, -0.05) is 42.5 Å². The van der Waals surface area contributed by atoms with Crippen LogP contribution in [0.1, 0.15) is 11.6 Å². The summed E-state index contributed by atoms with van der Waals surface area (Å²) < 4.78 is 25.2. The molecule has 0 fully saturated rings. The van der Waals surface area contributed by atoms with Crippen LogP contribution in [0, 0.1) is 5.82 Å². The van der Waals surface area contributed by atoms with Crippen molar-refractivity contribution in [3.05, 3.63) is 101 Å². The van der Waals surface area contributed by atoms with Gasteiger partial charge in [-0.05, 0) is 42.0 Å². The maximum Gasteiger partial charge on any atom is 0.437 e. The minimum atomic E-state index is -0.768. The molecule has 0 aliphatic carbocycles. The van der Waals surface area contributed by atoms with Gasteiger partial charge in [-0.15, -0.1) is 5.10 Å². The highest BCUT2D eigenvalue weighted by molar-refractivity contribution is 5.96. The first-order valence-corrected chi connectivity index (χ1v) is 10.0. The molecule has 4 aromatic rings. The fraction of sp³-hybridized carbons (Fsp3) is 0.125. The van der Waals surface area contributed by atoms with Gasteiger partial charge in [0, 0.05) is 5.56 Å². The van der Waals surface area contributed by atoms with E-state index in [1.54, 1.807) is 17.0 Å². The predicted octanol–water partition coefficient (Wildman–Crippen LogP) is 3.81. The monoisotopic (exact) mass is 431 g/mol. The first-order chi connectivity index (χ1) is 15.6. The second-order valence-electron chi connectivity index (χ2n) is 7.31. The van der Waals surface area contributed by atoms with Crippen LogP contribution >= 0.6 is 0 Å². The summed E-state index contributed by atoms with van der Waals surface area (Å²) >= 11 is 0. The van der Waals surface area contributed by atoms with Crippen molar-refractivity contribution in [3.8, 4) is 17.2 Å². The third kappa shape index (κ3) is 3.66. The minimum Gasteiger partial charge on any atom is -0.489 e. The zero-order valence-corrected chi connectivity index (χ0v) is 16.8. The van der Waals surface area contributed by atoms with Crippen molar-refractivity contribution in [2.24, 2.45) is 0 Å². The van der Waals surface area contributed by atoms with Crippen LogP contribution in [0.3, 0.4) is 0 Å². The van der Waals surface area contributed by atoms with E-state index in [0.29, 0.717) is 17.0 Å². The number of aromatic nitrogens is 2. The molecule has 1 aliphatic rings. The van der Waals surface area contributed by atoms with Crippen LogP contribution in [0.15, 0.2) is 88.1 Å². The lowest BCUT2D eigenvalue weighted by atomic mass is 10.0. The Morgan fingerprint density at radius 3 is 2.50 bits per heavy atom. The molecule has 0 spiro atoms. The smallest absolute Gasteiger partial charge is 0.437 e. The number of fused-ring (bicyclic) bond motifs is 1. The Hall–Kier alpha value is -4.20. The number of carbonyl (C=O) groups excluding carboxylic acids is 1. The Balaban J connectivity index is 1.48. The van der Waals surface area contributed by atoms with Gasteiger partial charge >= 0.3 is 5.76 Å². The molecule has 5 rings (SSSR count). The van der Waals surface area contributed by atoms with Crippen molar-refractivity contribution in [1.82, 2.24) is 9.78 Å². The molecule has 0 bridgehead atoms. The Morgan fingerprint density at radius 1 is 1.00 bits per heavy atom. The summed E-state index contributed by atoms with van der Waals surface area (Å²) in [6.07, 6.45) is 0. The number of benzene rings is 3. The number of amides is 1. The van der Waals surface area contributed by atoms with E-state index in [1.165, 1.54) is 24.3 Å². The number of nitrogens with zero attached hydrogens (tertiary/aromatic N) is 3. The minimum absolute atomic E-state index is 0.0183. The molecule has 0 saturated carbocycles. The molecule has 160 valence electrons. The van der Waals surface area contributed by atoms with E-state index in [-0.39, 0.29) is 31.0 Å². The van der Waals surface area contributed by atoms with Gasteiger partial charge in [-0.25, -0.2) is 9.18 Å². The Kier molecular flexibility index (Phi) is 5.03. The van der Waals surface area contributed by atoms with Crippen molar-refractivity contribution in [1.29, 1.82) is 0 Å². The fourth-order valence-electron chi connectivity index (χ4n) is 3.74. The van der Waals surface area contributed by atoms with Gasteiger partial charge in [0.25, 0.3) is 0 Å². The number of carbonyl (C=O) groups is 1. The van der Waals surface area contributed by atoms with Crippen LogP contribution in [0.2, 0.25) is 0 Å². The molecule has 0 unspecified atom stereocenters. The zero-order chi connectivity index (χ0) is 22.1. The Morgan fingerprint density at radius 2 is 1.72 bits per heavy atom. The molecule has 1 aliphatic heterocycles. The first-order valence-electron chi connectivity index (χ1n) is 10.0. The van der Waals surface area contributed by atoms with Crippen LogP contribution in [0.5, 0.6) is 5.75 Å². The average Bonchev–Trinajstić information content (AvgIpc) is 3.19. The van der Waals surface area contributed by atoms with Crippen molar-refractivity contribution < 1.29 is 18.3 Å². The third-order valence-corrected chi connectivity index (χ3v) is 5.27. The summed E-state index contributed by atoms with van der Waals surface area (Å²) in [5, 5.41) is 4.13. The van der Waals surface area contributed by atoms with Crippen LogP contribution in [-0.2, 0) is 11.3 Å². The lowest BCUT2D eigenvalue weighted by Crippen LogP contribution is -2.43. The largest absolute Gasteiger partial charge is 0.489 e. The first kappa shape index (κ1) is 19.7. The molecule has 3 aromatic carbocycles. The normalized spacial score (nSPS) is 15.2. The van der Waals surface area contributed by atoms with E-state index in [4.69, 9.17) is 9.15 Å². The van der Waals surface area contributed by atoms with Crippen molar-refractivity contribution in [2.45, 2.75) is 12.6 Å². The molecule has 1 atom stereocenters. The number of hydrogen-bond donors (Lipinski definition) is 0. The van der Waals surface area contributed by atoms with Gasteiger partial charge in [-0.2, -0.15) is 4.68 Å². The van der Waals surface area contributed by atoms with Crippen LogP contribution in [-0.4, -0.2) is 22.3 Å². The molecule has 8 heteroatoms. The maximum atomic E-state index is 13.4. The highest BCUT2D eigenvalue weighted by Gasteiger charge is 2.33. The summed E-state index contributed by atoms with van der Waals surface area (Å²) in [6, 6.07) is 21.8. The lowest BCUT2D eigenvalue weighted by molar-refractivity contribution is -0.120. The van der Waals surface area contributed by atoms with Crippen molar-refractivity contribution in [3.63, 3.8) is 0 Å². The number of anilines is 1. The standard InChI is InChI=1S/C24H18FN3O4/c25-18-12-10-17(11-13-18)23-26-27(24(30)32-23)14-22(29)28-19-8-4-5-9-21(19)31-15-20(28)16-6-2-1-3-7-16/h1-13,20H,14-15H2/t20-/m0/s1. The summed E-state index contributed by atoms with van der Waals surface area (Å²) in [5.74, 6) is -0.910. The van der Waals surface area contributed by atoms with Crippen molar-refractivity contribution in [2.75, 3.05) is 11.5 Å².